The molecule has 0 unspecified atom stereocenters. The van der Waals surface area contributed by atoms with Crippen molar-refractivity contribution < 1.29 is 19.1 Å². The SMILES string of the molecule is CC(C)(C)c1ccccc1OCC(=O)NNC(=O)c1ccc(NC(=O)C2CC2)cc1. The molecule has 7 nitrogen and oxygen atoms in total. The van der Waals surface area contributed by atoms with E-state index in [-0.39, 0.29) is 23.8 Å². The van der Waals surface area contributed by atoms with E-state index >= 15 is 0 Å². The maximum Gasteiger partial charge on any atom is 0.276 e. The Kier molecular flexibility index (Phi) is 6.40. The molecule has 0 spiro atoms. The lowest BCUT2D eigenvalue weighted by Gasteiger charge is -2.22. The maximum absolute atomic E-state index is 12.2. The van der Waals surface area contributed by atoms with Gasteiger partial charge in [-0.3, -0.25) is 25.2 Å². The van der Waals surface area contributed by atoms with Crippen molar-refractivity contribution in [3.05, 3.63) is 59.7 Å². The van der Waals surface area contributed by atoms with Crippen LogP contribution in [0, 0.1) is 5.92 Å². The summed E-state index contributed by atoms with van der Waals surface area (Å²) in [6, 6.07) is 14.0. The van der Waals surface area contributed by atoms with E-state index in [0.29, 0.717) is 17.0 Å². The van der Waals surface area contributed by atoms with Gasteiger partial charge in [0.15, 0.2) is 6.61 Å². The second-order valence-corrected chi connectivity index (χ2v) is 8.38. The fourth-order valence-electron chi connectivity index (χ4n) is 2.88. The number of para-hydroxylation sites is 1. The normalized spacial score (nSPS) is 13.3. The summed E-state index contributed by atoms with van der Waals surface area (Å²) in [4.78, 5) is 36.0. The molecule has 0 saturated heterocycles. The maximum atomic E-state index is 12.2. The number of rotatable bonds is 6. The van der Waals surface area contributed by atoms with Gasteiger partial charge in [-0.2, -0.15) is 0 Å². The van der Waals surface area contributed by atoms with Gasteiger partial charge in [-0.25, -0.2) is 0 Å². The summed E-state index contributed by atoms with van der Waals surface area (Å²) in [6.45, 7) is 5.98. The molecule has 0 aliphatic heterocycles. The summed E-state index contributed by atoms with van der Waals surface area (Å²) in [5.74, 6) is -0.178. The van der Waals surface area contributed by atoms with Gasteiger partial charge in [0.2, 0.25) is 5.91 Å². The number of benzene rings is 2. The summed E-state index contributed by atoms with van der Waals surface area (Å²) in [6.07, 6.45) is 1.86. The van der Waals surface area contributed by atoms with Crippen LogP contribution in [0.2, 0.25) is 0 Å². The predicted octanol–water partition coefficient (Wildman–Crippen LogP) is 3.17. The van der Waals surface area contributed by atoms with Crippen molar-refractivity contribution in [3.63, 3.8) is 0 Å². The van der Waals surface area contributed by atoms with Gasteiger partial charge < -0.3 is 10.1 Å². The van der Waals surface area contributed by atoms with Gasteiger partial charge in [-0.15, -0.1) is 0 Å². The molecular formula is C23H27N3O4. The first kappa shape index (κ1) is 21.4. The van der Waals surface area contributed by atoms with E-state index in [1.807, 2.05) is 24.3 Å². The Hall–Kier alpha value is -3.35. The summed E-state index contributed by atoms with van der Waals surface area (Å²) in [7, 11) is 0. The van der Waals surface area contributed by atoms with E-state index in [1.165, 1.54) is 0 Å². The molecule has 3 N–H and O–H groups in total. The Morgan fingerprint density at radius 1 is 0.967 bits per heavy atom. The van der Waals surface area contributed by atoms with Gasteiger partial charge in [0, 0.05) is 17.2 Å². The van der Waals surface area contributed by atoms with E-state index in [1.54, 1.807) is 24.3 Å². The third-order valence-electron chi connectivity index (χ3n) is 4.73. The lowest BCUT2D eigenvalue weighted by atomic mass is 9.86. The number of anilines is 1. The monoisotopic (exact) mass is 409 g/mol. The van der Waals surface area contributed by atoms with Gasteiger partial charge in [0.25, 0.3) is 11.8 Å². The first-order chi connectivity index (χ1) is 14.2. The van der Waals surface area contributed by atoms with Gasteiger partial charge in [0.05, 0.1) is 0 Å². The highest BCUT2D eigenvalue weighted by molar-refractivity contribution is 5.97. The fourth-order valence-corrected chi connectivity index (χ4v) is 2.88. The van der Waals surface area contributed by atoms with Crippen LogP contribution >= 0.6 is 0 Å². The summed E-state index contributed by atoms with van der Waals surface area (Å²) < 4.78 is 5.64. The molecule has 0 atom stereocenters. The summed E-state index contributed by atoms with van der Waals surface area (Å²) >= 11 is 0. The van der Waals surface area contributed by atoms with Crippen LogP contribution in [0.3, 0.4) is 0 Å². The zero-order chi connectivity index (χ0) is 21.7. The molecule has 2 aromatic rings. The lowest BCUT2D eigenvalue weighted by molar-refractivity contribution is -0.123. The highest BCUT2D eigenvalue weighted by Crippen LogP contribution is 2.31. The number of ether oxygens (including phenoxy) is 1. The van der Waals surface area contributed by atoms with E-state index in [2.05, 4.69) is 36.9 Å². The third kappa shape index (κ3) is 5.83. The Labute approximate surface area is 176 Å². The molecule has 0 radical (unpaired) electrons. The third-order valence-corrected chi connectivity index (χ3v) is 4.73. The van der Waals surface area contributed by atoms with Crippen LogP contribution in [-0.2, 0) is 15.0 Å². The van der Waals surface area contributed by atoms with Crippen molar-refractivity contribution in [2.24, 2.45) is 5.92 Å². The second kappa shape index (κ2) is 8.98. The van der Waals surface area contributed by atoms with Crippen LogP contribution in [0.4, 0.5) is 5.69 Å². The van der Waals surface area contributed by atoms with Crippen LogP contribution in [-0.4, -0.2) is 24.3 Å². The fraction of sp³-hybridized carbons (Fsp3) is 0.348. The summed E-state index contributed by atoms with van der Waals surface area (Å²) in [5.41, 5.74) is 6.58. The van der Waals surface area contributed by atoms with Crippen LogP contribution in [0.1, 0.15) is 49.5 Å². The van der Waals surface area contributed by atoms with E-state index in [4.69, 9.17) is 4.74 Å². The van der Waals surface area contributed by atoms with Gasteiger partial charge in [-0.1, -0.05) is 39.0 Å². The lowest BCUT2D eigenvalue weighted by Crippen LogP contribution is -2.43. The number of nitrogens with one attached hydrogen (secondary N) is 3. The average Bonchev–Trinajstić information content (AvgIpc) is 3.56. The quantitative estimate of drug-likeness (QED) is 0.639. The highest BCUT2D eigenvalue weighted by atomic mass is 16.5. The molecular weight excluding hydrogens is 382 g/mol. The zero-order valence-corrected chi connectivity index (χ0v) is 17.5. The molecule has 1 aliphatic carbocycles. The molecule has 7 heteroatoms. The van der Waals surface area contributed by atoms with Crippen molar-refractivity contribution in [2.75, 3.05) is 11.9 Å². The number of carbonyl (C=O) groups excluding carboxylic acids is 3. The zero-order valence-electron chi connectivity index (χ0n) is 17.5. The molecule has 0 heterocycles. The number of amides is 3. The van der Waals surface area contributed by atoms with Crippen LogP contribution in [0.25, 0.3) is 0 Å². The minimum atomic E-state index is -0.472. The molecule has 30 heavy (non-hydrogen) atoms. The van der Waals surface area contributed by atoms with E-state index < -0.39 is 11.8 Å². The minimum Gasteiger partial charge on any atom is -0.483 e. The molecule has 2 aromatic carbocycles. The Morgan fingerprint density at radius 3 is 2.27 bits per heavy atom. The van der Waals surface area contributed by atoms with Crippen molar-refractivity contribution in [1.29, 1.82) is 0 Å². The average molecular weight is 409 g/mol. The Balaban J connectivity index is 1.46. The van der Waals surface area contributed by atoms with Crippen molar-refractivity contribution in [1.82, 2.24) is 10.9 Å². The minimum absolute atomic E-state index is 0.00694. The first-order valence-corrected chi connectivity index (χ1v) is 9.96. The largest absolute Gasteiger partial charge is 0.483 e. The van der Waals surface area contributed by atoms with Crippen LogP contribution in [0.15, 0.2) is 48.5 Å². The van der Waals surface area contributed by atoms with Crippen molar-refractivity contribution in [3.8, 4) is 5.75 Å². The van der Waals surface area contributed by atoms with Gasteiger partial charge in [-0.05, 0) is 54.2 Å². The molecule has 1 aliphatic rings. The van der Waals surface area contributed by atoms with Gasteiger partial charge >= 0.3 is 0 Å². The molecule has 0 aromatic heterocycles. The molecule has 1 saturated carbocycles. The molecule has 1 fully saturated rings. The van der Waals surface area contributed by atoms with Gasteiger partial charge in [0.1, 0.15) is 5.75 Å². The number of hydrogen-bond donors (Lipinski definition) is 3. The first-order valence-electron chi connectivity index (χ1n) is 9.96. The Morgan fingerprint density at radius 2 is 1.63 bits per heavy atom. The van der Waals surface area contributed by atoms with Crippen LogP contribution < -0.4 is 20.9 Å². The van der Waals surface area contributed by atoms with Crippen LogP contribution in [0.5, 0.6) is 5.75 Å². The van der Waals surface area contributed by atoms with Crippen molar-refractivity contribution >= 4 is 23.4 Å². The van der Waals surface area contributed by atoms with E-state index in [0.717, 1.165) is 18.4 Å². The molecule has 158 valence electrons. The highest BCUT2D eigenvalue weighted by Gasteiger charge is 2.29. The number of hydrogen-bond acceptors (Lipinski definition) is 4. The molecule has 3 rings (SSSR count). The molecule has 3 amide bonds. The number of carbonyl (C=O) groups is 3. The van der Waals surface area contributed by atoms with Crippen molar-refractivity contribution in [2.45, 2.75) is 39.0 Å². The second-order valence-electron chi connectivity index (χ2n) is 8.38. The molecule has 0 bridgehead atoms. The van der Waals surface area contributed by atoms with E-state index in [9.17, 15) is 14.4 Å². The smallest absolute Gasteiger partial charge is 0.276 e. The number of hydrazine groups is 1. The standard InChI is InChI=1S/C23H27N3O4/c1-23(2,3)18-6-4-5-7-19(18)30-14-20(27)25-26-22(29)16-10-12-17(13-11-16)24-21(28)15-8-9-15/h4-7,10-13,15H,8-9,14H2,1-3H3,(H,24,28)(H,25,27)(H,26,29). The Bertz CT molecular complexity index is 928. The predicted molar refractivity (Wildman–Crippen MR) is 114 cm³/mol. The summed E-state index contributed by atoms with van der Waals surface area (Å²) in [5, 5.41) is 2.81. The topological polar surface area (TPSA) is 96.5 Å².